The number of carbonyl (C=O) groups excluding carboxylic acids is 2. The highest BCUT2D eigenvalue weighted by atomic mass is 35.5. The summed E-state index contributed by atoms with van der Waals surface area (Å²) in [6.07, 6.45) is -2.63. The quantitative estimate of drug-likeness (QED) is 0.417. The zero-order chi connectivity index (χ0) is 28.0. The first kappa shape index (κ1) is 28.3. The summed E-state index contributed by atoms with van der Waals surface area (Å²) in [7, 11) is 0. The summed E-state index contributed by atoms with van der Waals surface area (Å²) in [6, 6.07) is 12.9. The molecule has 0 unspecified atom stereocenters. The van der Waals surface area contributed by atoms with Gasteiger partial charge in [0.05, 0.1) is 18.8 Å². The van der Waals surface area contributed by atoms with E-state index in [0.29, 0.717) is 59.6 Å². The molecule has 0 fully saturated rings. The highest BCUT2D eigenvalue weighted by Gasteiger charge is 2.34. The maximum Gasteiger partial charge on any atom is 0.435 e. The number of carbonyl (C=O) groups is 2. The monoisotopic (exact) mass is 564 g/mol. The van der Waals surface area contributed by atoms with Gasteiger partial charge in [-0.15, -0.1) is 0 Å². The largest absolute Gasteiger partial charge is 0.490 e. The van der Waals surface area contributed by atoms with Crippen LogP contribution in [0.1, 0.15) is 37.1 Å². The zero-order valence-electron chi connectivity index (χ0n) is 21.3. The summed E-state index contributed by atoms with van der Waals surface area (Å²) in [5, 5.41) is 6.72. The highest BCUT2D eigenvalue weighted by Crippen LogP contribution is 2.36. The fourth-order valence-corrected chi connectivity index (χ4v) is 4.29. The number of nitrogens with zero attached hydrogens (tertiary/aromatic N) is 3. The van der Waals surface area contributed by atoms with Gasteiger partial charge in [-0.05, 0) is 62.6 Å². The van der Waals surface area contributed by atoms with Gasteiger partial charge in [-0.1, -0.05) is 23.7 Å². The lowest BCUT2D eigenvalue weighted by Crippen LogP contribution is -2.39. The van der Waals surface area contributed by atoms with Gasteiger partial charge in [0.1, 0.15) is 0 Å². The highest BCUT2D eigenvalue weighted by molar-refractivity contribution is 6.31. The van der Waals surface area contributed by atoms with Crippen molar-refractivity contribution in [1.82, 2.24) is 14.7 Å². The van der Waals surface area contributed by atoms with Crippen molar-refractivity contribution in [3.63, 3.8) is 0 Å². The molecule has 2 aromatic carbocycles. The number of aromatic nitrogens is 2. The van der Waals surface area contributed by atoms with Crippen LogP contribution in [0.3, 0.4) is 0 Å². The van der Waals surface area contributed by atoms with E-state index in [0.717, 1.165) is 17.2 Å². The Morgan fingerprint density at radius 1 is 1.08 bits per heavy atom. The maximum absolute atomic E-state index is 13.1. The molecule has 0 radical (unpaired) electrons. The smallest absolute Gasteiger partial charge is 0.435 e. The normalized spacial score (nSPS) is 15.1. The molecule has 0 bridgehead atoms. The van der Waals surface area contributed by atoms with Gasteiger partial charge < -0.3 is 19.7 Å². The Kier molecular flexibility index (Phi) is 9.01. The number of para-hydroxylation sites is 2. The fourth-order valence-electron chi connectivity index (χ4n) is 4.11. The second kappa shape index (κ2) is 12.4. The number of hydrogen-bond acceptors (Lipinski definition) is 5. The number of anilines is 1. The summed E-state index contributed by atoms with van der Waals surface area (Å²) < 4.78 is 52.1. The standard InChI is InChI=1S/C27H28ClF3N4O4/c1-18-15-24(27(29,30)31)33-35(18)13-11-26(37)34-12-5-2-6-14-38-22-7-3-4-8-23(22)39-21-10-9-19(28)16-20(21)32-25(36)17-34/h3-4,7-10,15-16H,2,5-6,11-14,17H2,1H3,(H,32,36). The molecule has 12 heteroatoms. The van der Waals surface area contributed by atoms with Gasteiger partial charge >= 0.3 is 6.18 Å². The molecule has 1 N–H and O–H groups in total. The van der Waals surface area contributed by atoms with Crippen LogP contribution in [0.4, 0.5) is 18.9 Å². The van der Waals surface area contributed by atoms with E-state index in [1.165, 1.54) is 11.8 Å². The Balaban J connectivity index is 1.50. The van der Waals surface area contributed by atoms with E-state index >= 15 is 0 Å². The molecule has 0 atom stereocenters. The number of halogens is 4. The third-order valence-electron chi connectivity index (χ3n) is 6.11. The van der Waals surface area contributed by atoms with Crippen LogP contribution in [-0.2, 0) is 22.3 Å². The first-order valence-corrected chi connectivity index (χ1v) is 12.9. The second-order valence-corrected chi connectivity index (χ2v) is 9.54. The summed E-state index contributed by atoms with van der Waals surface area (Å²) in [5.74, 6) is 0.531. The third-order valence-corrected chi connectivity index (χ3v) is 6.35. The molecule has 1 aromatic heterocycles. The molecule has 0 saturated carbocycles. The molecule has 39 heavy (non-hydrogen) atoms. The van der Waals surface area contributed by atoms with Crippen molar-refractivity contribution < 1.29 is 32.2 Å². The van der Waals surface area contributed by atoms with Gasteiger partial charge in [-0.2, -0.15) is 18.3 Å². The Morgan fingerprint density at radius 2 is 1.85 bits per heavy atom. The van der Waals surface area contributed by atoms with Crippen LogP contribution in [0.5, 0.6) is 17.2 Å². The molecule has 3 aromatic rings. The van der Waals surface area contributed by atoms with Crippen molar-refractivity contribution >= 4 is 29.1 Å². The average molecular weight is 565 g/mol. The molecular weight excluding hydrogens is 537 g/mol. The first-order valence-electron chi connectivity index (χ1n) is 12.5. The molecule has 2 amide bonds. The Hall–Kier alpha value is -3.73. The van der Waals surface area contributed by atoms with Crippen LogP contribution in [-0.4, -0.2) is 46.2 Å². The van der Waals surface area contributed by atoms with Crippen molar-refractivity contribution in [3.05, 3.63) is 64.9 Å². The Bertz CT molecular complexity index is 1330. The van der Waals surface area contributed by atoms with E-state index in [4.69, 9.17) is 21.1 Å². The lowest BCUT2D eigenvalue weighted by Gasteiger charge is -2.23. The van der Waals surface area contributed by atoms with Crippen molar-refractivity contribution in [1.29, 1.82) is 0 Å². The van der Waals surface area contributed by atoms with Crippen molar-refractivity contribution in [2.24, 2.45) is 0 Å². The summed E-state index contributed by atoms with van der Waals surface area (Å²) in [4.78, 5) is 27.5. The van der Waals surface area contributed by atoms with Gasteiger partial charge in [-0.25, -0.2) is 0 Å². The van der Waals surface area contributed by atoms with Crippen LogP contribution in [0.15, 0.2) is 48.5 Å². The average Bonchev–Trinajstić information content (AvgIpc) is 3.26. The predicted octanol–water partition coefficient (Wildman–Crippen LogP) is 6.08. The lowest BCUT2D eigenvalue weighted by atomic mass is 10.2. The van der Waals surface area contributed by atoms with Gasteiger partial charge in [-0.3, -0.25) is 14.3 Å². The fraction of sp³-hybridized carbons (Fsp3) is 0.370. The molecule has 2 heterocycles. The number of benzene rings is 2. The SMILES string of the molecule is Cc1cc(C(F)(F)F)nn1CCC(=O)N1CCCCCOc2ccccc2Oc2ccc(Cl)cc2NC(=O)C1. The molecular formula is C27H28ClF3N4O4. The molecule has 1 aliphatic rings. The number of ether oxygens (including phenoxy) is 2. The van der Waals surface area contributed by atoms with Crippen molar-refractivity contribution in [2.75, 3.05) is 25.0 Å². The van der Waals surface area contributed by atoms with E-state index in [1.54, 1.807) is 30.3 Å². The minimum atomic E-state index is -4.57. The number of amides is 2. The Morgan fingerprint density at radius 3 is 2.59 bits per heavy atom. The molecule has 8 nitrogen and oxygen atoms in total. The van der Waals surface area contributed by atoms with E-state index in [2.05, 4.69) is 10.4 Å². The minimum absolute atomic E-state index is 0.0444. The molecule has 0 saturated heterocycles. The maximum atomic E-state index is 13.1. The minimum Gasteiger partial charge on any atom is -0.490 e. The van der Waals surface area contributed by atoms with Crippen LogP contribution in [0.25, 0.3) is 0 Å². The topological polar surface area (TPSA) is 85.7 Å². The number of fused-ring (bicyclic) bond motifs is 2. The lowest BCUT2D eigenvalue weighted by molar-refractivity contribution is -0.141. The summed E-state index contributed by atoms with van der Waals surface area (Å²) in [5.41, 5.74) is -0.402. The van der Waals surface area contributed by atoms with Gasteiger partial charge in [0.15, 0.2) is 22.9 Å². The van der Waals surface area contributed by atoms with Crippen molar-refractivity contribution in [3.8, 4) is 17.2 Å². The number of aryl methyl sites for hydroxylation is 2. The van der Waals surface area contributed by atoms with E-state index < -0.39 is 17.8 Å². The van der Waals surface area contributed by atoms with Crippen LogP contribution >= 0.6 is 11.6 Å². The van der Waals surface area contributed by atoms with Crippen LogP contribution in [0.2, 0.25) is 5.02 Å². The number of alkyl halides is 3. The van der Waals surface area contributed by atoms with Gasteiger partial charge in [0, 0.05) is 30.2 Å². The molecule has 0 spiro atoms. The molecule has 4 rings (SSSR count). The summed E-state index contributed by atoms with van der Waals surface area (Å²) >= 11 is 6.17. The summed E-state index contributed by atoms with van der Waals surface area (Å²) in [6.45, 7) is 1.93. The van der Waals surface area contributed by atoms with E-state index in [-0.39, 0.29) is 25.4 Å². The van der Waals surface area contributed by atoms with Crippen LogP contribution < -0.4 is 14.8 Å². The van der Waals surface area contributed by atoms with Crippen LogP contribution in [0, 0.1) is 6.92 Å². The van der Waals surface area contributed by atoms with E-state index in [1.807, 2.05) is 12.1 Å². The molecule has 208 valence electrons. The Labute approximate surface area is 228 Å². The van der Waals surface area contributed by atoms with Gasteiger partial charge in [0.25, 0.3) is 0 Å². The molecule has 0 aliphatic carbocycles. The number of rotatable bonds is 3. The zero-order valence-corrected chi connectivity index (χ0v) is 22.0. The predicted molar refractivity (Wildman–Crippen MR) is 139 cm³/mol. The van der Waals surface area contributed by atoms with Gasteiger partial charge in [0.2, 0.25) is 11.8 Å². The number of hydrogen-bond donors (Lipinski definition) is 1. The third kappa shape index (κ3) is 7.66. The molecule has 1 aliphatic heterocycles. The first-order chi connectivity index (χ1) is 18.6. The van der Waals surface area contributed by atoms with E-state index in [9.17, 15) is 22.8 Å². The number of nitrogens with one attached hydrogen (secondary N) is 1. The second-order valence-electron chi connectivity index (χ2n) is 9.10. The van der Waals surface area contributed by atoms with Crippen molar-refractivity contribution in [2.45, 2.75) is 45.3 Å².